The molecule has 0 radical (unpaired) electrons. The third kappa shape index (κ3) is 4.50. The summed E-state index contributed by atoms with van der Waals surface area (Å²) >= 11 is 1.85. The van der Waals surface area contributed by atoms with Crippen LogP contribution in [0.3, 0.4) is 0 Å². The third-order valence-electron chi connectivity index (χ3n) is 2.97. The van der Waals surface area contributed by atoms with Crippen molar-refractivity contribution in [3.63, 3.8) is 0 Å². The fraction of sp³-hybridized carbons (Fsp3) is 0.917. The molecule has 0 aromatic carbocycles. The molecule has 0 aromatic rings. The average molecular weight is 214 g/mol. The quantitative estimate of drug-likeness (QED) is 0.696. The SMILES string of the molecule is CC(C)C(=O)CSCC1CCCCC1. The number of Topliss-reactive ketones (excluding diaryl/α,β-unsaturated/α-hetero) is 1. The Morgan fingerprint density at radius 2 is 1.93 bits per heavy atom. The van der Waals surface area contributed by atoms with E-state index in [0.717, 1.165) is 11.7 Å². The highest BCUT2D eigenvalue weighted by molar-refractivity contribution is 7.99. The Morgan fingerprint density at radius 3 is 2.50 bits per heavy atom. The van der Waals surface area contributed by atoms with E-state index >= 15 is 0 Å². The van der Waals surface area contributed by atoms with Gasteiger partial charge in [0.05, 0.1) is 5.75 Å². The molecule has 82 valence electrons. The number of hydrogen-bond acceptors (Lipinski definition) is 2. The Kier molecular flexibility index (Phi) is 5.61. The van der Waals surface area contributed by atoms with E-state index in [1.807, 2.05) is 25.6 Å². The lowest BCUT2D eigenvalue weighted by Gasteiger charge is -2.20. The number of rotatable bonds is 5. The van der Waals surface area contributed by atoms with Crippen molar-refractivity contribution in [2.24, 2.45) is 11.8 Å². The van der Waals surface area contributed by atoms with Crippen molar-refractivity contribution >= 4 is 17.5 Å². The highest BCUT2D eigenvalue weighted by Crippen LogP contribution is 2.26. The molecular formula is C12H22OS. The zero-order valence-electron chi connectivity index (χ0n) is 9.42. The van der Waals surface area contributed by atoms with E-state index in [0.29, 0.717) is 5.78 Å². The van der Waals surface area contributed by atoms with Crippen LogP contribution in [0, 0.1) is 11.8 Å². The summed E-state index contributed by atoms with van der Waals surface area (Å²) in [6.45, 7) is 3.98. The van der Waals surface area contributed by atoms with Crippen LogP contribution in [0.1, 0.15) is 46.0 Å². The maximum absolute atomic E-state index is 11.4. The highest BCUT2D eigenvalue weighted by Gasteiger charge is 2.14. The van der Waals surface area contributed by atoms with Crippen LogP contribution in [0.15, 0.2) is 0 Å². The predicted molar refractivity (Wildman–Crippen MR) is 63.7 cm³/mol. The second kappa shape index (κ2) is 6.49. The van der Waals surface area contributed by atoms with E-state index in [4.69, 9.17) is 0 Å². The van der Waals surface area contributed by atoms with E-state index in [2.05, 4.69) is 0 Å². The van der Waals surface area contributed by atoms with Gasteiger partial charge in [0.15, 0.2) is 0 Å². The lowest BCUT2D eigenvalue weighted by molar-refractivity contribution is -0.119. The van der Waals surface area contributed by atoms with E-state index in [9.17, 15) is 4.79 Å². The first-order valence-corrected chi connectivity index (χ1v) is 6.96. The van der Waals surface area contributed by atoms with Crippen molar-refractivity contribution in [3.8, 4) is 0 Å². The number of carbonyl (C=O) groups excluding carboxylic acids is 1. The minimum absolute atomic E-state index is 0.217. The normalized spacial score (nSPS) is 18.8. The molecule has 0 aromatic heterocycles. The van der Waals surface area contributed by atoms with Crippen molar-refractivity contribution in [3.05, 3.63) is 0 Å². The number of hydrogen-bond donors (Lipinski definition) is 0. The lowest BCUT2D eigenvalue weighted by atomic mass is 9.91. The highest BCUT2D eigenvalue weighted by atomic mass is 32.2. The van der Waals surface area contributed by atoms with Crippen LogP contribution in [0.2, 0.25) is 0 Å². The summed E-state index contributed by atoms with van der Waals surface area (Å²) in [5, 5.41) is 0. The molecule has 0 spiro atoms. The van der Waals surface area contributed by atoms with E-state index in [1.165, 1.54) is 37.9 Å². The van der Waals surface area contributed by atoms with Gasteiger partial charge in [-0.3, -0.25) is 4.79 Å². The zero-order valence-corrected chi connectivity index (χ0v) is 10.2. The molecule has 0 amide bonds. The molecule has 1 aliphatic carbocycles. The standard InChI is InChI=1S/C12H22OS/c1-10(2)12(13)9-14-8-11-6-4-3-5-7-11/h10-11H,3-9H2,1-2H3. The first-order valence-electron chi connectivity index (χ1n) is 5.80. The minimum Gasteiger partial charge on any atom is -0.298 e. The van der Waals surface area contributed by atoms with Gasteiger partial charge in [0.1, 0.15) is 5.78 Å². The van der Waals surface area contributed by atoms with Crippen LogP contribution in [0.5, 0.6) is 0 Å². The molecule has 0 atom stereocenters. The number of thioether (sulfide) groups is 1. The molecule has 1 fully saturated rings. The molecule has 2 heteroatoms. The molecule has 1 aliphatic rings. The second-order valence-corrected chi connectivity index (χ2v) is 5.67. The Labute approximate surface area is 92.0 Å². The van der Waals surface area contributed by atoms with Gasteiger partial charge in [-0.1, -0.05) is 33.1 Å². The van der Waals surface area contributed by atoms with Crippen LogP contribution >= 0.6 is 11.8 Å². The Hall–Kier alpha value is 0.0200. The maximum Gasteiger partial charge on any atom is 0.145 e. The molecule has 1 nitrogen and oxygen atoms in total. The summed E-state index contributed by atoms with van der Waals surface area (Å²) in [5.74, 6) is 3.46. The third-order valence-corrected chi connectivity index (χ3v) is 4.16. The van der Waals surface area contributed by atoms with Crippen LogP contribution in [0.25, 0.3) is 0 Å². The molecule has 1 rings (SSSR count). The fourth-order valence-electron chi connectivity index (χ4n) is 1.85. The van der Waals surface area contributed by atoms with Gasteiger partial charge in [-0.2, -0.15) is 11.8 Å². The topological polar surface area (TPSA) is 17.1 Å². The number of carbonyl (C=O) groups is 1. The smallest absolute Gasteiger partial charge is 0.145 e. The minimum atomic E-state index is 0.217. The lowest BCUT2D eigenvalue weighted by Crippen LogP contribution is -2.13. The Morgan fingerprint density at radius 1 is 1.29 bits per heavy atom. The summed E-state index contributed by atoms with van der Waals surface area (Å²) in [6, 6.07) is 0. The molecule has 0 N–H and O–H groups in total. The van der Waals surface area contributed by atoms with E-state index < -0.39 is 0 Å². The summed E-state index contributed by atoms with van der Waals surface area (Å²) < 4.78 is 0. The molecule has 0 aliphatic heterocycles. The molecule has 0 unspecified atom stereocenters. The zero-order chi connectivity index (χ0) is 10.4. The van der Waals surface area contributed by atoms with Gasteiger partial charge < -0.3 is 0 Å². The van der Waals surface area contributed by atoms with Crippen LogP contribution in [-0.2, 0) is 4.79 Å². The van der Waals surface area contributed by atoms with Gasteiger partial charge in [-0.15, -0.1) is 0 Å². The molecule has 14 heavy (non-hydrogen) atoms. The number of ketones is 1. The summed E-state index contributed by atoms with van der Waals surface area (Å²) in [6.07, 6.45) is 7.02. The first kappa shape index (κ1) is 12.1. The van der Waals surface area contributed by atoms with Crippen LogP contribution in [-0.4, -0.2) is 17.3 Å². The van der Waals surface area contributed by atoms with Crippen molar-refractivity contribution in [2.45, 2.75) is 46.0 Å². The monoisotopic (exact) mass is 214 g/mol. The van der Waals surface area contributed by atoms with E-state index in [-0.39, 0.29) is 5.92 Å². The molecule has 0 heterocycles. The Bertz CT molecular complexity index is 171. The van der Waals surface area contributed by atoms with Crippen molar-refractivity contribution in [1.82, 2.24) is 0 Å². The molecule has 0 saturated heterocycles. The van der Waals surface area contributed by atoms with Gasteiger partial charge in [-0.25, -0.2) is 0 Å². The van der Waals surface area contributed by atoms with Gasteiger partial charge >= 0.3 is 0 Å². The van der Waals surface area contributed by atoms with Crippen molar-refractivity contribution in [1.29, 1.82) is 0 Å². The summed E-state index contributed by atoms with van der Waals surface area (Å²) in [5.41, 5.74) is 0. The van der Waals surface area contributed by atoms with Gasteiger partial charge in [-0.05, 0) is 24.5 Å². The van der Waals surface area contributed by atoms with Crippen molar-refractivity contribution in [2.75, 3.05) is 11.5 Å². The largest absolute Gasteiger partial charge is 0.298 e. The van der Waals surface area contributed by atoms with Crippen LogP contribution < -0.4 is 0 Å². The van der Waals surface area contributed by atoms with Gasteiger partial charge in [0.25, 0.3) is 0 Å². The molecular weight excluding hydrogens is 192 g/mol. The summed E-state index contributed by atoms with van der Waals surface area (Å²) in [7, 11) is 0. The van der Waals surface area contributed by atoms with Crippen molar-refractivity contribution < 1.29 is 4.79 Å². The second-order valence-electron chi connectivity index (χ2n) is 4.64. The molecule has 0 bridgehead atoms. The maximum atomic E-state index is 11.4. The summed E-state index contributed by atoms with van der Waals surface area (Å²) in [4.78, 5) is 11.4. The van der Waals surface area contributed by atoms with E-state index in [1.54, 1.807) is 0 Å². The first-order chi connectivity index (χ1) is 6.70. The van der Waals surface area contributed by atoms with Crippen LogP contribution in [0.4, 0.5) is 0 Å². The molecule has 1 saturated carbocycles. The van der Waals surface area contributed by atoms with Gasteiger partial charge in [0.2, 0.25) is 0 Å². The fourth-order valence-corrected chi connectivity index (χ4v) is 3.17. The predicted octanol–water partition coefficient (Wildman–Crippen LogP) is 3.53. The Balaban J connectivity index is 2.05. The average Bonchev–Trinajstić information content (AvgIpc) is 2.19. The van der Waals surface area contributed by atoms with Gasteiger partial charge in [0, 0.05) is 5.92 Å².